The number of carbonyl (C=O) groups is 1. The van der Waals surface area contributed by atoms with E-state index in [9.17, 15) is 4.79 Å². The summed E-state index contributed by atoms with van der Waals surface area (Å²) in [6.07, 6.45) is 2.96. The molecule has 1 saturated heterocycles. The number of hydrogen-bond acceptors (Lipinski definition) is 4. The first kappa shape index (κ1) is 12.9. The van der Waals surface area contributed by atoms with E-state index in [0.717, 1.165) is 32.4 Å². The predicted molar refractivity (Wildman–Crippen MR) is 76.3 cm³/mol. The van der Waals surface area contributed by atoms with Crippen molar-refractivity contribution in [2.75, 3.05) is 37.4 Å². The van der Waals surface area contributed by atoms with Gasteiger partial charge in [-0.1, -0.05) is 0 Å². The lowest BCUT2D eigenvalue weighted by molar-refractivity contribution is 0.222. The van der Waals surface area contributed by atoms with Gasteiger partial charge in [0.2, 0.25) is 0 Å². The molecule has 0 radical (unpaired) electrons. The molecule has 3 N–H and O–H groups in total. The quantitative estimate of drug-likeness (QED) is 0.770. The Hall–Kier alpha value is -2.11. The molecule has 1 aromatic carbocycles. The van der Waals surface area contributed by atoms with Gasteiger partial charge in [0.15, 0.2) is 11.5 Å². The Bertz CT molecular complexity index is 513. The van der Waals surface area contributed by atoms with Crippen LogP contribution in [0.1, 0.15) is 19.3 Å². The highest BCUT2D eigenvalue weighted by atomic mass is 16.5. The van der Waals surface area contributed by atoms with E-state index < -0.39 is 0 Å². The van der Waals surface area contributed by atoms with Crippen molar-refractivity contribution in [2.24, 2.45) is 0 Å². The fraction of sp³-hybridized carbons (Fsp3) is 0.500. The van der Waals surface area contributed by atoms with Crippen molar-refractivity contribution >= 4 is 17.4 Å². The van der Waals surface area contributed by atoms with Gasteiger partial charge in [0.25, 0.3) is 0 Å². The number of ether oxygens (including phenoxy) is 2. The first-order chi connectivity index (χ1) is 9.74. The predicted octanol–water partition coefficient (Wildman–Crippen LogP) is 2.06. The molecule has 108 valence electrons. The van der Waals surface area contributed by atoms with Gasteiger partial charge >= 0.3 is 6.03 Å². The van der Waals surface area contributed by atoms with Crippen LogP contribution in [0.25, 0.3) is 0 Å². The van der Waals surface area contributed by atoms with Gasteiger partial charge in [-0.2, -0.15) is 0 Å². The van der Waals surface area contributed by atoms with Crippen LogP contribution in [0.3, 0.4) is 0 Å². The molecule has 3 rings (SSSR count). The minimum atomic E-state index is -0.108. The van der Waals surface area contributed by atoms with Crippen molar-refractivity contribution < 1.29 is 14.3 Å². The maximum Gasteiger partial charge on any atom is 0.321 e. The smallest absolute Gasteiger partial charge is 0.321 e. The molecular formula is C14H19N3O3. The summed E-state index contributed by atoms with van der Waals surface area (Å²) < 4.78 is 11.2. The van der Waals surface area contributed by atoms with E-state index in [1.165, 1.54) is 0 Å². The van der Waals surface area contributed by atoms with Gasteiger partial charge < -0.3 is 25.4 Å². The van der Waals surface area contributed by atoms with Crippen LogP contribution in [-0.4, -0.2) is 37.2 Å². The average molecular weight is 277 g/mol. The molecule has 2 amide bonds. The topological polar surface area (TPSA) is 76.8 Å². The number of nitrogens with one attached hydrogen (secondary N) is 1. The van der Waals surface area contributed by atoms with Crippen molar-refractivity contribution in [1.82, 2.24) is 4.90 Å². The van der Waals surface area contributed by atoms with Crippen molar-refractivity contribution in [3.05, 3.63) is 12.1 Å². The van der Waals surface area contributed by atoms with Gasteiger partial charge in [-0.05, 0) is 12.8 Å². The highest BCUT2D eigenvalue weighted by Gasteiger charge is 2.20. The highest BCUT2D eigenvalue weighted by molar-refractivity contribution is 5.93. The standard InChI is InChI=1S/C14H19N3O3/c15-10-8-12-13(20-7-3-6-19-12)9-11(10)16-14(18)17-4-1-2-5-17/h8-9H,1-7,15H2,(H,16,18). The Balaban J connectivity index is 1.78. The summed E-state index contributed by atoms with van der Waals surface area (Å²) in [7, 11) is 0. The zero-order chi connectivity index (χ0) is 13.9. The van der Waals surface area contributed by atoms with E-state index in [-0.39, 0.29) is 6.03 Å². The minimum Gasteiger partial charge on any atom is -0.489 e. The first-order valence-electron chi connectivity index (χ1n) is 6.99. The molecule has 1 fully saturated rings. The monoisotopic (exact) mass is 277 g/mol. The summed E-state index contributed by atoms with van der Waals surface area (Å²) in [5, 5.41) is 2.85. The number of likely N-dealkylation sites (tertiary alicyclic amines) is 1. The number of nitrogen functional groups attached to an aromatic ring is 1. The fourth-order valence-electron chi connectivity index (χ4n) is 2.45. The summed E-state index contributed by atoms with van der Waals surface area (Å²) in [6.45, 7) is 2.83. The van der Waals surface area contributed by atoms with Gasteiger partial charge in [-0.25, -0.2) is 4.79 Å². The molecule has 2 aliphatic heterocycles. The molecule has 0 atom stereocenters. The maximum absolute atomic E-state index is 12.1. The van der Waals surface area contributed by atoms with Gasteiger partial charge in [-0.15, -0.1) is 0 Å². The number of nitrogens with zero attached hydrogens (tertiary/aromatic N) is 1. The van der Waals surface area contributed by atoms with E-state index in [4.69, 9.17) is 15.2 Å². The molecule has 0 saturated carbocycles. The van der Waals surface area contributed by atoms with E-state index >= 15 is 0 Å². The zero-order valence-corrected chi connectivity index (χ0v) is 11.4. The first-order valence-corrected chi connectivity index (χ1v) is 6.99. The molecule has 0 aromatic heterocycles. The number of rotatable bonds is 1. The van der Waals surface area contributed by atoms with E-state index in [1.54, 1.807) is 17.0 Å². The molecule has 0 aliphatic carbocycles. The molecule has 2 aliphatic rings. The van der Waals surface area contributed by atoms with Crippen LogP contribution in [0.15, 0.2) is 12.1 Å². The summed E-state index contributed by atoms with van der Waals surface area (Å²) in [4.78, 5) is 13.9. The number of carbonyl (C=O) groups excluding carboxylic acids is 1. The number of benzene rings is 1. The van der Waals surface area contributed by atoms with Crippen molar-refractivity contribution in [3.8, 4) is 11.5 Å². The Morgan fingerprint density at radius 3 is 2.45 bits per heavy atom. The van der Waals surface area contributed by atoms with E-state index in [0.29, 0.717) is 36.1 Å². The third kappa shape index (κ3) is 2.59. The van der Waals surface area contributed by atoms with Crippen molar-refractivity contribution in [2.45, 2.75) is 19.3 Å². The SMILES string of the molecule is Nc1cc2c(cc1NC(=O)N1CCCC1)OCCCO2. The lowest BCUT2D eigenvalue weighted by Crippen LogP contribution is -2.32. The summed E-state index contributed by atoms with van der Waals surface area (Å²) in [6, 6.07) is 3.34. The second kappa shape index (κ2) is 5.48. The molecule has 6 nitrogen and oxygen atoms in total. The van der Waals surface area contributed by atoms with Crippen molar-refractivity contribution in [3.63, 3.8) is 0 Å². The fourth-order valence-corrected chi connectivity index (χ4v) is 2.45. The van der Waals surface area contributed by atoms with Crippen LogP contribution in [0.4, 0.5) is 16.2 Å². The van der Waals surface area contributed by atoms with E-state index in [2.05, 4.69) is 5.32 Å². The Morgan fingerprint density at radius 1 is 1.10 bits per heavy atom. The normalized spacial score (nSPS) is 17.7. The zero-order valence-electron chi connectivity index (χ0n) is 11.4. The van der Waals surface area contributed by atoms with Crippen LogP contribution < -0.4 is 20.5 Å². The van der Waals surface area contributed by atoms with Crippen LogP contribution in [0, 0.1) is 0 Å². The molecule has 2 heterocycles. The highest BCUT2D eigenvalue weighted by Crippen LogP contribution is 2.36. The van der Waals surface area contributed by atoms with E-state index in [1.807, 2.05) is 0 Å². The van der Waals surface area contributed by atoms with Gasteiger partial charge in [-0.3, -0.25) is 0 Å². The molecule has 6 heteroatoms. The third-order valence-corrected chi connectivity index (χ3v) is 3.55. The number of anilines is 2. The van der Waals surface area contributed by atoms with Gasteiger partial charge in [0.1, 0.15) is 0 Å². The number of urea groups is 1. The number of fused-ring (bicyclic) bond motifs is 1. The summed E-state index contributed by atoms with van der Waals surface area (Å²) >= 11 is 0. The second-order valence-corrected chi connectivity index (χ2v) is 5.06. The molecule has 0 bridgehead atoms. The summed E-state index contributed by atoms with van der Waals surface area (Å²) in [5.41, 5.74) is 7.04. The van der Waals surface area contributed by atoms with Gasteiger partial charge in [0, 0.05) is 31.6 Å². The molecule has 20 heavy (non-hydrogen) atoms. The maximum atomic E-state index is 12.1. The third-order valence-electron chi connectivity index (χ3n) is 3.55. The number of amides is 2. The summed E-state index contributed by atoms with van der Waals surface area (Å²) in [5.74, 6) is 1.27. The number of hydrogen-bond donors (Lipinski definition) is 2. The van der Waals surface area contributed by atoms with Crippen LogP contribution >= 0.6 is 0 Å². The van der Waals surface area contributed by atoms with Crippen LogP contribution in [-0.2, 0) is 0 Å². The largest absolute Gasteiger partial charge is 0.489 e. The lowest BCUT2D eigenvalue weighted by atomic mass is 10.2. The molecule has 0 unspecified atom stereocenters. The van der Waals surface area contributed by atoms with Gasteiger partial charge in [0.05, 0.1) is 24.6 Å². The Kier molecular flexibility index (Phi) is 3.54. The van der Waals surface area contributed by atoms with Crippen LogP contribution in [0.2, 0.25) is 0 Å². The second-order valence-electron chi connectivity index (χ2n) is 5.06. The van der Waals surface area contributed by atoms with Crippen LogP contribution in [0.5, 0.6) is 11.5 Å². The molecular weight excluding hydrogens is 258 g/mol. The minimum absolute atomic E-state index is 0.108. The Labute approximate surface area is 117 Å². The number of nitrogens with two attached hydrogens (primary N) is 1. The lowest BCUT2D eigenvalue weighted by Gasteiger charge is -2.18. The van der Waals surface area contributed by atoms with Crippen molar-refractivity contribution in [1.29, 1.82) is 0 Å². The molecule has 0 spiro atoms. The molecule has 1 aromatic rings. The average Bonchev–Trinajstić information content (AvgIpc) is 2.88. The Morgan fingerprint density at radius 2 is 1.75 bits per heavy atom.